The lowest BCUT2D eigenvalue weighted by Crippen LogP contribution is -2.17. The molecule has 1 heterocycles. The predicted octanol–water partition coefficient (Wildman–Crippen LogP) is 3.93. The number of aromatic nitrogens is 1. The number of fused-ring (bicyclic) bond motifs is 1. The van der Waals surface area contributed by atoms with Crippen molar-refractivity contribution in [2.24, 2.45) is 5.92 Å². The highest BCUT2D eigenvalue weighted by Gasteiger charge is 2.13. The summed E-state index contributed by atoms with van der Waals surface area (Å²) in [5, 5.41) is 4.65. The monoisotopic (exact) mass is 242 g/mol. The van der Waals surface area contributed by atoms with Crippen LogP contribution in [0.15, 0.2) is 36.5 Å². The minimum Gasteiger partial charge on any atom is -0.313 e. The van der Waals surface area contributed by atoms with E-state index in [1.807, 2.05) is 19.3 Å². The molecule has 0 saturated heterocycles. The molecule has 2 nitrogen and oxygen atoms in total. The first-order valence-corrected chi connectivity index (χ1v) is 6.73. The third-order valence-electron chi connectivity index (χ3n) is 3.42. The average Bonchev–Trinajstić information content (AvgIpc) is 2.39. The fourth-order valence-corrected chi connectivity index (χ4v) is 2.36. The van der Waals surface area contributed by atoms with Crippen LogP contribution in [0.3, 0.4) is 0 Å². The van der Waals surface area contributed by atoms with Gasteiger partial charge in [0.25, 0.3) is 0 Å². The van der Waals surface area contributed by atoms with Gasteiger partial charge in [-0.25, -0.2) is 0 Å². The fraction of sp³-hybridized carbons (Fsp3) is 0.438. The summed E-state index contributed by atoms with van der Waals surface area (Å²) in [5.74, 6) is 0.740. The largest absolute Gasteiger partial charge is 0.313 e. The third-order valence-corrected chi connectivity index (χ3v) is 3.42. The normalized spacial score (nSPS) is 13.1. The number of nitrogens with zero attached hydrogens (tertiary/aromatic N) is 1. The number of rotatable bonds is 5. The van der Waals surface area contributed by atoms with Gasteiger partial charge in [0.05, 0.1) is 5.52 Å². The molecule has 0 aliphatic heterocycles. The standard InChI is InChI=1S/C16H22N2/c1-12(2)9-10-15(17-3)14-8-4-6-13-7-5-11-18-16(13)14/h4-8,11-12,15,17H,9-10H2,1-3H3. The molecule has 0 radical (unpaired) electrons. The van der Waals surface area contributed by atoms with Gasteiger partial charge in [-0.3, -0.25) is 4.98 Å². The summed E-state index contributed by atoms with van der Waals surface area (Å²) in [4.78, 5) is 4.54. The Morgan fingerprint density at radius 1 is 1.11 bits per heavy atom. The van der Waals surface area contributed by atoms with E-state index < -0.39 is 0 Å². The molecule has 18 heavy (non-hydrogen) atoms. The maximum Gasteiger partial charge on any atom is 0.0749 e. The van der Waals surface area contributed by atoms with Gasteiger partial charge in [-0.2, -0.15) is 0 Å². The number of para-hydroxylation sites is 1. The molecule has 96 valence electrons. The van der Waals surface area contributed by atoms with Crippen molar-refractivity contribution < 1.29 is 0 Å². The first kappa shape index (κ1) is 13.0. The summed E-state index contributed by atoms with van der Waals surface area (Å²) >= 11 is 0. The highest BCUT2D eigenvalue weighted by molar-refractivity contribution is 5.81. The van der Waals surface area contributed by atoms with E-state index in [-0.39, 0.29) is 0 Å². The second-order valence-corrected chi connectivity index (χ2v) is 5.23. The lowest BCUT2D eigenvalue weighted by molar-refractivity contribution is 0.466. The van der Waals surface area contributed by atoms with E-state index in [1.165, 1.54) is 17.4 Å². The number of benzene rings is 1. The molecule has 0 aliphatic rings. The van der Waals surface area contributed by atoms with Crippen LogP contribution in [0.1, 0.15) is 38.3 Å². The molecule has 1 aromatic heterocycles. The molecule has 0 spiro atoms. The zero-order valence-corrected chi connectivity index (χ0v) is 11.5. The maximum atomic E-state index is 4.54. The van der Waals surface area contributed by atoms with Crippen LogP contribution in [0, 0.1) is 5.92 Å². The number of hydrogen-bond donors (Lipinski definition) is 1. The quantitative estimate of drug-likeness (QED) is 0.859. The second-order valence-electron chi connectivity index (χ2n) is 5.23. The highest BCUT2D eigenvalue weighted by atomic mass is 14.9. The van der Waals surface area contributed by atoms with E-state index in [0.717, 1.165) is 17.9 Å². The number of hydrogen-bond acceptors (Lipinski definition) is 2. The zero-order valence-electron chi connectivity index (χ0n) is 11.5. The van der Waals surface area contributed by atoms with Crippen LogP contribution in [0.5, 0.6) is 0 Å². The Hall–Kier alpha value is -1.41. The Morgan fingerprint density at radius 2 is 1.89 bits per heavy atom. The number of nitrogens with one attached hydrogen (secondary N) is 1. The van der Waals surface area contributed by atoms with Crippen molar-refractivity contribution in [2.75, 3.05) is 7.05 Å². The minimum absolute atomic E-state index is 0.394. The van der Waals surface area contributed by atoms with Crippen molar-refractivity contribution in [3.05, 3.63) is 42.1 Å². The summed E-state index contributed by atoms with van der Waals surface area (Å²) in [6, 6.07) is 11.0. The minimum atomic E-state index is 0.394. The molecule has 2 aromatic rings. The van der Waals surface area contributed by atoms with Crippen molar-refractivity contribution in [3.63, 3.8) is 0 Å². The van der Waals surface area contributed by atoms with Crippen molar-refractivity contribution in [2.45, 2.75) is 32.7 Å². The smallest absolute Gasteiger partial charge is 0.0749 e. The SMILES string of the molecule is CNC(CCC(C)C)c1cccc2cccnc12. The van der Waals surface area contributed by atoms with Crippen LogP contribution in [0.4, 0.5) is 0 Å². The molecule has 2 heteroatoms. The maximum absolute atomic E-state index is 4.54. The summed E-state index contributed by atoms with van der Waals surface area (Å²) in [7, 11) is 2.03. The first-order chi connectivity index (χ1) is 8.72. The van der Waals surface area contributed by atoms with Gasteiger partial charge < -0.3 is 5.32 Å². The van der Waals surface area contributed by atoms with Crippen LogP contribution in [-0.2, 0) is 0 Å². The predicted molar refractivity (Wildman–Crippen MR) is 77.6 cm³/mol. The van der Waals surface area contributed by atoms with Gasteiger partial charge in [0, 0.05) is 17.6 Å². The third kappa shape index (κ3) is 2.88. The van der Waals surface area contributed by atoms with E-state index >= 15 is 0 Å². The van der Waals surface area contributed by atoms with Crippen LogP contribution < -0.4 is 5.32 Å². The zero-order chi connectivity index (χ0) is 13.0. The van der Waals surface area contributed by atoms with Crippen molar-refractivity contribution in [3.8, 4) is 0 Å². The molecule has 1 unspecified atom stereocenters. The Labute approximate surface area is 109 Å². The molecule has 0 bridgehead atoms. The van der Waals surface area contributed by atoms with Gasteiger partial charge in [0.1, 0.15) is 0 Å². The Kier molecular flexibility index (Phi) is 4.32. The second kappa shape index (κ2) is 5.96. The molecule has 1 atom stereocenters. The van der Waals surface area contributed by atoms with Crippen LogP contribution >= 0.6 is 0 Å². The van der Waals surface area contributed by atoms with Crippen LogP contribution in [0.25, 0.3) is 10.9 Å². The lowest BCUT2D eigenvalue weighted by Gasteiger charge is -2.19. The lowest BCUT2D eigenvalue weighted by atomic mass is 9.96. The summed E-state index contributed by atoms with van der Waals surface area (Å²) < 4.78 is 0. The molecular formula is C16H22N2. The Morgan fingerprint density at radius 3 is 2.61 bits per heavy atom. The van der Waals surface area contributed by atoms with Crippen molar-refractivity contribution in [1.29, 1.82) is 0 Å². The van der Waals surface area contributed by atoms with Crippen molar-refractivity contribution >= 4 is 10.9 Å². The molecule has 0 fully saturated rings. The molecular weight excluding hydrogens is 220 g/mol. The van der Waals surface area contributed by atoms with Gasteiger partial charge in [-0.05, 0) is 37.4 Å². The van der Waals surface area contributed by atoms with E-state index in [0.29, 0.717) is 6.04 Å². The van der Waals surface area contributed by atoms with Crippen molar-refractivity contribution in [1.82, 2.24) is 10.3 Å². The molecule has 0 amide bonds. The number of pyridine rings is 1. The molecule has 2 rings (SSSR count). The van der Waals surface area contributed by atoms with Crippen LogP contribution in [-0.4, -0.2) is 12.0 Å². The van der Waals surface area contributed by atoms with Gasteiger partial charge in [-0.1, -0.05) is 38.1 Å². The fourth-order valence-electron chi connectivity index (χ4n) is 2.36. The molecule has 1 N–H and O–H groups in total. The van der Waals surface area contributed by atoms with E-state index in [1.54, 1.807) is 0 Å². The average molecular weight is 242 g/mol. The molecule has 0 saturated carbocycles. The van der Waals surface area contributed by atoms with Gasteiger partial charge in [0.15, 0.2) is 0 Å². The van der Waals surface area contributed by atoms with E-state index in [4.69, 9.17) is 0 Å². The summed E-state index contributed by atoms with van der Waals surface area (Å²) in [6.45, 7) is 4.54. The Balaban J connectivity index is 2.32. The van der Waals surface area contributed by atoms with Gasteiger partial charge in [-0.15, -0.1) is 0 Å². The first-order valence-electron chi connectivity index (χ1n) is 6.73. The van der Waals surface area contributed by atoms with Gasteiger partial charge >= 0.3 is 0 Å². The van der Waals surface area contributed by atoms with Crippen LogP contribution in [0.2, 0.25) is 0 Å². The topological polar surface area (TPSA) is 24.9 Å². The summed E-state index contributed by atoms with van der Waals surface area (Å²) in [5.41, 5.74) is 2.44. The van der Waals surface area contributed by atoms with E-state index in [2.05, 4.69) is 48.4 Å². The molecule has 0 aliphatic carbocycles. The highest BCUT2D eigenvalue weighted by Crippen LogP contribution is 2.26. The van der Waals surface area contributed by atoms with E-state index in [9.17, 15) is 0 Å². The summed E-state index contributed by atoms with van der Waals surface area (Å²) in [6.07, 6.45) is 4.26. The Bertz CT molecular complexity index is 500. The molecule has 1 aromatic carbocycles. The van der Waals surface area contributed by atoms with Gasteiger partial charge in [0.2, 0.25) is 0 Å².